The second kappa shape index (κ2) is 8.63. The lowest BCUT2D eigenvalue weighted by atomic mass is 10.2. The predicted molar refractivity (Wildman–Crippen MR) is 116 cm³/mol. The summed E-state index contributed by atoms with van der Waals surface area (Å²) >= 11 is 6.09. The Labute approximate surface area is 179 Å². The Kier molecular flexibility index (Phi) is 5.77. The maximum Gasteiger partial charge on any atom is 0.289 e. The fourth-order valence-corrected chi connectivity index (χ4v) is 3.45. The Morgan fingerprint density at radius 3 is 2.80 bits per heavy atom. The average Bonchev–Trinajstić information content (AvgIpc) is 3.39. The molecule has 0 aliphatic heterocycles. The SMILES string of the molecule is Cc1cc(OCCn2c(CN(C)C(=O)c3ccco3)nc3ccccc32)ccc1Cl. The van der Waals surface area contributed by atoms with E-state index in [0.29, 0.717) is 25.5 Å². The summed E-state index contributed by atoms with van der Waals surface area (Å²) in [5.74, 6) is 1.68. The van der Waals surface area contributed by atoms with Crippen LogP contribution in [-0.4, -0.2) is 34.0 Å². The van der Waals surface area contributed by atoms with Crippen molar-refractivity contribution in [1.82, 2.24) is 14.5 Å². The molecular weight excluding hydrogens is 402 g/mol. The summed E-state index contributed by atoms with van der Waals surface area (Å²) in [6.45, 7) is 3.36. The number of fused-ring (bicyclic) bond motifs is 1. The highest BCUT2D eigenvalue weighted by Gasteiger charge is 2.18. The van der Waals surface area contributed by atoms with Crippen LogP contribution in [-0.2, 0) is 13.1 Å². The first kappa shape index (κ1) is 20.0. The van der Waals surface area contributed by atoms with E-state index in [2.05, 4.69) is 4.57 Å². The molecule has 0 fully saturated rings. The third-order valence-electron chi connectivity index (χ3n) is 4.90. The number of hydrogen-bond donors (Lipinski definition) is 0. The standard InChI is InChI=1S/C23H22ClN3O3/c1-16-14-17(9-10-18(16)24)29-13-11-27-20-7-4-3-6-19(20)25-22(27)15-26(2)23(28)21-8-5-12-30-21/h3-10,12,14H,11,13,15H2,1-2H3. The first-order chi connectivity index (χ1) is 14.5. The Hall–Kier alpha value is -3.25. The van der Waals surface area contributed by atoms with Gasteiger partial charge >= 0.3 is 0 Å². The molecule has 4 rings (SSSR count). The number of aromatic nitrogens is 2. The molecule has 0 saturated heterocycles. The second-order valence-corrected chi connectivity index (χ2v) is 7.47. The number of ether oxygens (including phenoxy) is 1. The molecule has 0 spiro atoms. The molecule has 7 heteroatoms. The van der Waals surface area contributed by atoms with Crippen LogP contribution in [0.4, 0.5) is 0 Å². The first-order valence-electron chi connectivity index (χ1n) is 9.65. The van der Waals surface area contributed by atoms with Crippen molar-refractivity contribution in [2.75, 3.05) is 13.7 Å². The molecule has 2 heterocycles. The van der Waals surface area contributed by atoms with Gasteiger partial charge in [-0.05, 0) is 55.0 Å². The van der Waals surface area contributed by atoms with Gasteiger partial charge in [-0.3, -0.25) is 4.79 Å². The zero-order valence-corrected chi connectivity index (χ0v) is 17.6. The average molecular weight is 424 g/mol. The molecule has 0 aliphatic rings. The number of imidazole rings is 1. The van der Waals surface area contributed by atoms with Gasteiger partial charge in [0.2, 0.25) is 0 Å². The van der Waals surface area contributed by atoms with Crippen LogP contribution in [0.5, 0.6) is 5.75 Å². The smallest absolute Gasteiger partial charge is 0.289 e. The largest absolute Gasteiger partial charge is 0.492 e. The highest BCUT2D eigenvalue weighted by molar-refractivity contribution is 6.31. The van der Waals surface area contributed by atoms with Crippen LogP contribution in [0, 0.1) is 6.92 Å². The van der Waals surface area contributed by atoms with E-state index < -0.39 is 0 Å². The van der Waals surface area contributed by atoms with Crippen molar-refractivity contribution in [2.45, 2.75) is 20.0 Å². The fraction of sp³-hybridized carbons (Fsp3) is 0.217. The van der Waals surface area contributed by atoms with Crippen LogP contribution in [0.2, 0.25) is 5.02 Å². The summed E-state index contributed by atoms with van der Waals surface area (Å²) in [7, 11) is 1.74. The number of halogens is 1. The third-order valence-corrected chi connectivity index (χ3v) is 5.33. The summed E-state index contributed by atoms with van der Waals surface area (Å²) in [6.07, 6.45) is 1.49. The summed E-state index contributed by atoms with van der Waals surface area (Å²) < 4.78 is 13.2. The summed E-state index contributed by atoms with van der Waals surface area (Å²) in [6, 6.07) is 16.9. The quantitative estimate of drug-likeness (QED) is 0.422. The van der Waals surface area contributed by atoms with Crippen molar-refractivity contribution in [2.24, 2.45) is 0 Å². The van der Waals surface area contributed by atoms with Crippen molar-refractivity contribution in [1.29, 1.82) is 0 Å². The normalized spacial score (nSPS) is 11.0. The summed E-state index contributed by atoms with van der Waals surface area (Å²) in [4.78, 5) is 18.9. The van der Waals surface area contributed by atoms with E-state index in [-0.39, 0.29) is 5.91 Å². The maximum atomic E-state index is 12.6. The van der Waals surface area contributed by atoms with Crippen LogP contribution in [0.15, 0.2) is 65.3 Å². The van der Waals surface area contributed by atoms with E-state index in [1.165, 1.54) is 6.26 Å². The number of rotatable bonds is 7. The lowest BCUT2D eigenvalue weighted by Crippen LogP contribution is -2.27. The molecule has 2 aromatic heterocycles. The third kappa shape index (κ3) is 4.19. The fourth-order valence-electron chi connectivity index (χ4n) is 3.33. The molecule has 0 N–H and O–H groups in total. The Bertz CT molecular complexity index is 1170. The van der Waals surface area contributed by atoms with Gasteiger partial charge in [0, 0.05) is 12.1 Å². The molecule has 1 amide bonds. The van der Waals surface area contributed by atoms with Gasteiger partial charge < -0.3 is 18.6 Å². The second-order valence-electron chi connectivity index (χ2n) is 7.07. The molecule has 0 saturated carbocycles. The number of nitrogens with zero attached hydrogens (tertiary/aromatic N) is 3. The molecule has 0 unspecified atom stereocenters. The Morgan fingerprint density at radius 1 is 1.20 bits per heavy atom. The van der Waals surface area contributed by atoms with E-state index in [9.17, 15) is 4.79 Å². The number of benzene rings is 2. The van der Waals surface area contributed by atoms with Crippen molar-refractivity contribution < 1.29 is 13.9 Å². The Morgan fingerprint density at radius 2 is 2.03 bits per heavy atom. The molecular formula is C23H22ClN3O3. The van der Waals surface area contributed by atoms with Crippen LogP contribution in [0.1, 0.15) is 21.9 Å². The van der Waals surface area contributed by atoms with Crippen molar-refractivity contribution >= 4 is 28.5 Å². The predicted octanol–water partition coefficient (Wildman–Crippen LogP) is 4.94. The van der Waals surface area contributed by atoms with Gasteiger partial charge in [0.25, 0.3) is 5.91 Å². The summed E-state index contributed by atoms with van der Waals surface area (Å²) in [5.41, 5.74) is 2.86. The number of carbonyl (C=O) groups excluding carboxylic acids is 1. The van der Waals surface area contributed by atoms with E-state index in [1.54, 1.807) is 24.1 Å². The monoisotopic (exact) mass is 423 g/mol. The summed E-state index contributed by atoms with van der Waals surface area (Å²) in [5, 5.41) is 0.717. The molecule has 6 nitrogen and oxygen atoms in total. The zero-order valence-electron chi connectivity index (χ0n) is 16.8. The van der Waals surface area contributed by atoms with E-state index in [0.717, 1.165) is 33.2 Å². The molecule has 0 bridgehead atoms. The molecule has 154 valence electrons. The van der Waals surface area contributed by atoms with Gasteiger partial charge in [0.05, 0.1) is 30.4 Å². The lowest BCUT2D eigenvalue weighted by molar-refractivity contribution is 0.0748. The van der Waals surface area contributed by atoms with E-state index in [1.807, 2.05) is 49.4 Å². The number of aryl methyl sites for hydroxylation is 1. The van der Waals surface area contributed by atoms with Crippen LogP contribution < -0.4 is 4.74 Å². The maximum absolute atomic E-state index is 12.6. The minimum absolute atomic E-state index is 0.188. The molecule has 4 aromatic rings. The van der Waals surface area contributed by atoms with Crippen LogP contribution >= 0.6 is 11.6 Å². The zero-order chi connectivity index (χ0) is 21.1. The Balaban J connectivity index is 1.52. The number of para-hydroxylation sites is 2. The first-order valence-corrected chi connectivity index (χ1v) is 10.0. The molecule has 2 aromatic carbocycles. The van der Waals surface area contributed by atoms with Crippen LogP contribution in [0.3, 0.4) is 0 Å². The van der Waals surface area contributed by atoms with Gasteiger partial charge in [-0.1, -0.05) is 23.7 Å². The minimum atomic E-state index is -0.188. The van der Waals surface area contributed by atoms with Gasteiger partial charge in [0.1, 0.15) is 18.2 Å². The highest BCUT2D eigenvalue weighted by Crippen LogP contribution is 2.22. The lowest BCUT2D eigenvalue weighted by Gasteiger charge is -2.17. The molecule has 0 aliphatic carbocycles. The number of carbonyl (C=O) groups is 1. The van der Waals surface area contributed by atoms with Gasteiger partial charge in [-0.15, -0.1) is 0 Å². The molecule has 0 radical (unpaired) electrons. The van der Waals surface area contributed by atoms with Crippen molar-refractivity contribution in [3.05, 3.63) is 83.0 Å². The van der Waals surface area contributed by atoms with Gasteiger partial charge in [-0.2, -0.15) is 0 Å². The number of amides is 1. The van der Waals surface area contributed by atoms with Crippen molar-refractivity contribution in [3.63, 3.8) is 0 Å². The van der Waals surface area contributed by atoms with Crippen molar-refractivity contribution in [3.8, 4) is 5.75 Å². The van der Waals surface area contributed by atoms with E-state index >= 15 is 0 Å². The topological polar surface area (TPSA) is 60.5 Å². The number of hydrogen-bond acceptors (Lipinski definition) is 4. The number of furan rings is 1. The molecule has 0 atom stereocenters. The highest BCUT2D eigenvalue weighted by atomic mass is 35.5. The van der Waals surface area contributed by atoms with E-state index in [4.69, 9.17) is 25.7 Å². The van der Waals surface area contributed by atoms with Gasteiger partial charge in [0.15, 0.2) is 5.76 Å². The van der Waals surface area contributed by atoms with Crippen LogP contribution in [0.25, 0.3) is 11.0 Å². The van der Waals surface area contributed by atoms with Gasteiger partial charge in [-0.25, -0.2) is 4.98 Å². The molecule has 30 heavy (non-hydrogen) atoms. The minimum Gasteiger partial charge on any atom is -0.492 e.